The number of carbonyl (C=O) groups excluding carboxylic acids is 2. The van der Waals surface area contributed by atoms with Crippen molar-refractivity contribution in [1.29, 1.82) is 0 Å². The second-order valence-electron chi connectivity index (χ2n) is 9.99. The fourth-order valence-corrected chi connectivity index (χ4v) is 4.34. The Labute approximate surface area is 164 Å². The molecule has 2 amide bonds. The van der Waals surface area contributed by atoms with Gasteiger partial charge in [0.05, 0.1) is 24.7 Å². The Morgan fingerprint density at radius 1 is 1.27 bits per heavy atom. The molecule has 0 spiro atoms. The molecule has 0 bridgehead atoms. The minimum absolute atomic E-state index is 0.0219. The van der Waals surface area contributed by atoms with Crippen LogP contribution in [0.1, 0.15) is 41.5 Å². The van der Waals surface area contributed by atoms with Gasteiger partial charge in [0.15, 0.2) is 8.32 Å². The fraction of sp³-hybridized carbons (Fsp3) is 0.889. The van der Waals surface area contributed by atoms with Crippen LogP contribution in [0.3, 0.4) is 0 Å². The lowest BCUT2D eigenvalue weighted by molar-refractivity contribution is -0.133. The maximum absolute atomic E-state index is 12.8. The Morgan fingerprint density at radius 3 is 2.31 bits per heavy atom. The van der Waals surface area contributed by atoms with Crippen LogP contribution in [-0.4, -0.2) is 67.1 Å². The molecular formula is C18H35N3O3SSi. The van der Waals surface area contributed by atoms with Crippen molar-refractivity contribution in [2.75, 3.05) is 12.4 Å². The molecule has 2 N–H and O–H groups in total. The molecule has 2 aliphatic rings. The summed E-state index contributed by atoms with van der Waals surface area (Å²) in [4.78, 5) is 27.2. The van der Waals surface area contributed by atoms with Crippen LogP contribution in [0.5, 0.6) is 0 Å². The molecule has 26 heavy (non-hydrogen) atoms. The molecule has 150 valence electrons. The molecule has 0 saturated carbocycles. The van der Waals surface area contributed by atoms with Crippen molar-refractivity contribution >= 4 is 32.8 Å². The average Bonchev–Trinajstić information content (AvgIpc) is 3.17. The predicted octanol–water partition coefficient (Wildman–Crippen LogP) is 1.77. The Hall–Kier alpha value is -0.573. The van der Waals surface area contributed by atoms with Crippen molar-refractivity contribution in [3.63, 3.8) is 0 Å². The first-order chi connectivity index (χ1) is 11.7. The van der Waals surface area contributed by atoms with Crippen LogP contribution in [0, 0.1) is 0 Å². The van der Waals surface area contributed by atoms with E-state index in [9.17, 15) is 9.59 Å². The third-order valence-electron chi connectivity index (χ3n) is 5.64. The maximum atomic E-state index is 12.8. The molecule has 0 aromatic rings. The number of fused-ring (bicyclic) bond motifs is 1. The second kappa shape index (κ2) is 7.11. The summed E-state index contributed by atoms with van der Waals surface area (Å²) in [5.41, 5.74) is -0.316. The number of nitrogens with one attached hydrogen (secondary N) is 2. The van der Waals surface area contributed by atoms with E-state index < -0.39 is 20.4 Å². The molecular weight excluding hydrogens is 366 g/mol. The van der Waals surface area contributed by atoms with Gasteiger partial charge in [0.1, 0.15) is 6.04 Å². The number of hydrogen-bond donors (Lipinski definition) is 3. The van der Waals surface area contributed by atoms with Crippen molar-refractivity contribution in [2.24, 2.45) is 0 Å². The van der Waals surface area contributed by atoms with E-state index in [0.717, 1.165) is 0 Å². The van der Waals surface area contributed by atoms with Crippen LogP contribution in [0.4, 0.5) is 0 Å². The third-order valence-corrected chi connectivity index (χ3v) is 10.5. The lowest BCUT2D eigenvalue weighted by Crippen LogP contribution is -2.62. The second-order valence-corrected chi connectivity index (χ2v) is 15.2. The third kappa shape index (κ3) is 4.46. The Kier molecular flexibility index (Phi) is 5.94. The lowest BCUT2D eigenvalue weighted by Gasteiger charge is -2.36. The fourth-order valence-electron chi connectivity index (χ4n) is 3.06. The Morgan fingerprint density at radius 2 is 1.85 bits per heavy atom. The van der Waals surface area contributed by atoms with Crippen molar-refractivity contribution in [3.05, 3.63) is 0 Å². The largest absolute Gasteiger partial charge is 0.415 e. The topological polar surface area (TPSA) is 70.4 Å². The molecule has 6 nitrogen and oxygen atoms in total. The molecule has 0 unspecified atom stereocenters. The summed E-state index contributed by atoms with van der Waals surface area (Å²) in [5, 5.41) is 6.34. The van der Waals surface area contributed by atoms with E-state index in [4.69, 9.17) is 4.43 Å². The minimum atomic E-state index is -1.90. The number of rotatable bonds is 5. The van der Waals surface area contributed by atoms with Gasteiger partial charge in [-0.25, -0.2) is 0 Å². The first kappa shape index (κ1) is 21.7. The molecule has 0 aliphatic carbocycles. The first-order valence-electron chi connectivity index (χ1n) is 9.35. The van der Waals surface area contributed by atoms with Gasteiger partial charge in [-0.2, -0.15) is 12.6 Å². The number of nitrogens with zero attached hydrogens (tertiary/aromatic N) is 1. The van der Waals surface area contributed by atoms with Gasteiger partial charge < -0.3 is 14.6 Å². The van der Waals surface area contributed by atoms with Crippen LogP contribution < -0.4 is 10.6 Å². The number of hydrogen-bond acceptors (Lipinski definition) is 5. The molecule has 8 heteroatoms. The first-order valence-corrected chi connectivity index (χ1v) is 12.9. The van der Waals surface area contributed by atoms with E-state index in [1.165, 1.54) is 0 Å². The van der Waals surface area contributed by atoms with Crippen molar-refractivity contribution in [2.45, 2.75) is 89.4 Å². The molecule has 0 radical (unpaired) electrons. The van der Waals surface area contributed by atoms with Crippen LogP contribution in [0.15, 0.2) is 0 Å². The van der Waals surface area contributed by atoms with Gasteiger partial charge in [-0.15, -0.1) is 0 Å². The smallest absolute Gasteiger partial charge is 0.241 e. The van der Waals surface area contributed by atoms with E-state index in [0.29, 0.717) is 12.4 Å². The SMILES string of the molecule is CC(C)(C)NC(=O)[C@@H]1N[C@@H](CS)C(=O)N2[C@H]1[C@H]2CO[Si](C)(C)C(C)(C)C. The predicted molar refractivity (Wildman–Crippen MR) is 110 cm³/mol. The van der Waals surface area contributed by atoms with Crippen LogP contribution in [0.25, 0.3) is 0 Å². The number of carbonyl (C=O) groups is 2. The highest BCUT2D eigenvalue weighted by atomic mass is 32.1. The quantitative estimate of drug-likeness (QED) is 0.373. The summed E-state index contributed by atoms with van der Waals surface area (Å²) in [6.45, 7) is 17.4. The van der Waals surface area contributed by atoms with E-state index in [1.54, 1.807) is 0 Å². The Balaban J connectivity index is 2.11. The van der Waals surface area contributed by atoms with Crippen molar-refractivity contribution in [1.82, 2.24) is 15.5 Å². The van der Waals surface area contributed by atoms with Gasteiger partial charge in [-0.1, -0.05) is 20.8 Å². The summed E-state index contributed by atoms with van der Waals surface area (Å²) in [6, 6.07) is -1.02. The monoisotopic (exact) mass is 401 g/mol. The standard InChI is InChI=1S/C18H35N3O3SSi/c1-17(2,3)20-15(22)13-14-12(9-24-26(7,8)18(4,5)6)21(14)16(23)11(10-25)19-13/h11-14,19,25H,9-10H2,1-8H3,(H,20,22)/t11-,12+,13+,14-,21?/m0/s1. The summed E-state index contributed by atoms with van der Waals surface area (Å²) >= 11 is 4.28. The maximum Gasteiger partial charge on any atom is 0.241 e. The van der Waals surface area contributed by atoms with Gasteiger partial charge in [0.25, 0.3) is 0 Å². The molecule has 0 aromatic carbocycles. The molecule has 2 aliphatic heterocycles. The summed E-state index contributed by atoms with van der Waals surface area (Å²) < 4.78 is 6.32. The van der Waals surface area contributed by atoms with Gasteiger partial charge in [0, 0.05) is 11.3 Å². The molecule has 2 fully saturated rings. The molecule has 2 saturated heterocycles. The number of amides is 2. The summed E-state index contributed by atoms with van der Waals surface area (Å²) in [6.07, 6.45) is 0. The number of thiol groups is 1. The highest BCUT2D eigenvalue weighted by Gasteiger charge is 2.62. The van der Waals surface area contributed by atoms with E-state index in [-0.39, 0.29) is 34.5 Å². The zero-order valence-corrected chi connectivity index (χ0v) is 19.2. The average molecular weight is 402 g/mol. The zero-order valence-electron chi connectivity index (χ0n) is 17.3. The minimum Gasteiger partial charge on any atom is -0.415 e. The van der Waals surface area contributed by atoms with Crippen LogP contribution in [-0.2, 0) is 14.0 Å². The van der Waals surface area contributed by atoms with Gasteiger partial charge in [0.2, 0.25) is 11.8 Å². The molecule has 0 aromatic heterocycles. The van der Waals surface area contributed by atoms with Crippen LogP contribution in [0.2, 0.25) is 18.1 Å². The molecule has 2 rings (SSSR count). The highest BCUT2D eigenvalue weighted by Crippen LogP contribution is 2.40. The van der Waals surface area contributed by atoms with Crippen molar-refractivity contribution < 1.29 is 14.0 Å². The van der Waals surface area contributed by atoms with Crippen LogP contribution >= 0.6 is 12.6 Å². The van der Waals surface area contributed by atoms with E-state index in [2.05, 4.69) is 57.1 Å². The lowest BCUT2D eigenvalue weighted by atomic mass is 10.0. The van der Waals surface area contributed by atoms with Gasteiger partial charge >= 0.3 is 0 Å². The summed E-state index contributed by atoms with van der Waals surface area (Å²) in [7, 11) is -1.90. The van der Waals surface area contributed by atoms with Gasteiger partial charge in [-0.05, 0) is 38.9 Å². The summed E-state index contributed by atoms with van der Waals surface area (Å²) in [5.74, 6) is 0.326. The zero-order chi connectivity index (χ0) is 20.1. The highest BCUT2D eigenvalue weighted by molar-refractivity contribution is 7.80. The number of piperazine rings is 1. The van der Waals surface area contributed by atoms with E-state index >= 15 is 0 Å². The molecule has 4 atom stereocenters. The Bertz CT molecular complexity index is 571. The van der Waals surface area contributed by atoms with Gasteiger partial charge in [-0.3, -0.25) is 14.9 Å². The van der Waals surface area contributed by atoms with Crippen molar-refractivity contribution in [3.8, 4) is 0 Å². The van der Waals surface area contributed by atoms with E-state index in [1.807, 2.05) is 25.7 Å². The molecule has 2 heterocycles. The normalized spacial score (nSPS) is 29.4.